The molecule has 1 heterocycles. The molecule has 0 spiro atoms. The molecule has 1 fully saturated rings. The van der Waals surface area contributed by atoms with Crippen LogP contribution in [0.25, 0.3) is 0 Å². The predicted molar refractivity (Wildman–Crippen MR) is 74.5 cm³/mol. The van der Waals surface area contributed by atoms with E-state index in [1.807, 2.05) is 11.4 Å². The largest absolute Gasteiger partial charge is 0.349 e. The molecule has 1 atom stereocenters. The molecule has 3 nitrogen and oxygen atoms in total. The summed E-state index contributed by atoms with van der Waals surface area (Å²) >= 11 is 1.48. The molecular formula is C14H18N2OS. The average molecular weight is 262 g/mol. The van der Waals surface area contributed by atoms with Crippen molar-refractivity contribution in [3.63, 3.8) is 0 Å². The zero-order valence-corrected chi connectivity index (χ0v) is 11.3. The first kappa shape index (κ1) is 13.1. The predicted octanol–water partition coefficient (Wildman–Crippen LogP) is 1.98. The van der Waals surface area contributed by atoms with Crippen molar-refractivity contribution < 1.29 is 4.79 Å². The Kier molecular flexibility index (Phi) is 4.40. The van der Waals surface area contributed by atoms with Crippen LogP contribution in [0.15, 0.2) is 11.4 Å². The third kappa shape index (κ3) is 3.12. The summed E-state index contributed by atoms with van der Waals surface area (Å²) in [6.45, 7) is 2.43. The van der Waals surface area contributed by atoms with Crippen LogP contribution < -0.4 is 11.1 Å². The maximum absolute atomic E-state index is 12.0. The van der Waals surface area contributed by atoms with Gasteiger partial charge in [-0.05, 0) is 31.7 Å². The lowest BCUT2D eigenvalue weighted by molar-refractivity contribution is 0.0910. The third-order valence-electron chi connectivity index (χ3n) is 3.39. The van der Waals surface area contributed by atoms with Crippen LogP contribution >= 0.6 is 11.3 Å². The summed E-state index contributed by atoms with van der Waals surface area (Å²) in [5.74, 6) is 6.39. The summed E-state index contributed by atoms with van der Waals surface area (Å²) in [6.07, 6.45) is 3.76. The number of hydrogen-bond donors (Lipinski definition) is 2. The van der Waals surface area contributed by atoms with E-state index in [0.29, 0.717) is 18.0 Å². The Labute approximate surface area is 112 Å². The second-order valence-electron chi connectivity index (χ2n) is 4.66. The highest BCUT2D eigenvalue weighted by atomic mass is 32.1. The van der Waals surface area contributed by atoms with Crippen LogP contribution in [0.3, 0.4) is 0 Å². The molecule has 1 aliphatic rings. The molecule has 1 aromatic heterocycles. The van der Waals surface area contributed by atoms with Crippen molar-refractivity contribution >= 4 is 17.2 Å². The summed E-state index contributed by atoms with van der Waals surface area (Å²) in [4.78, 5) is 12.9. The Morgan fingerprint density at radius 3 is 3.06 bits per heavy atom. The highest BCUT2D eigenvalue weighted by molar-refractivity contribution is 7.10. The Morgan fingerprint density at radius 2 is 2.44 bits per heavy atom. The Morgan fingerprint density at radius 1 is 1.67 bits per heavy atom. The third-order valence-corrected chi connectivity index (χ3v) is 4.24. The highest BCUT2D eigenvalue weighted by Gasteiger charge is 2.25. The van der Waals surface area contributed by atoms with Gasteiger partial charge in [-0.2, -0.15) is 0 Å². The maximum atomic E-state index is 12.0. The van der Waals surface area contributed by atoms with Crippen LogP contribution in [0.2, 0.25) is 0 Å². The molecule has 0 bridgehead atoms. The minimum absolute atomic E-state index is 0.00597. The van der Waals surface area contributed by atoms with Crippen molar-refractivity contribution in [2.45, 2.75) is 32.2 Å². The Hall–Kier alpha value is -1.31. The van der Waals surface area contributed by atoms with Crippen LogP contribution in [0.5, 0.6) is 0 Å². The molecule has 18 heavy (non-hydrogen) atoms. The van der Waals surface area contributed by atoms with E-state index in [1.54, 1.807) is 0 Å². The maximum Gasteiger partial charge on any atom is 0.252 e. The molecular weight excluding hydrogens is 244 g/mol. The fraction of sp³-hybridized carbons (Fsp3) is 0.500. The molecule has 3 N–H and O–H groups in total. The molecule has 0 saturated heterocycles. The minimum Gasteiger partial charge on any atom is -0.349 e. The summed E-state index contributed by atoms with van der Waals surface area (Å²) in [6, 6.07) is 2.10. The number of thiophene rings is 1. The first-order valence-electron chi connectivity index (χ1n) is 6.29. The van der Waals surface area contributed by atoms with Crippen molar-refractivity contribution in [2.75, 3.05) is 6.54 Å². The summed E-state index contributed by atoms with van der Waals surface area (Å²) in [5.41, 5.74) is 6.02. The number of rotatable bonds is 3. The van der Waals surface area contributed by atoms with Gasteiger partial charge in [0, 0.05) is 11.4 Å². The molecule has 1 saturated carbocycles. The monoisotopic (exact) mass is 262 g/mol. The zero-order valence-electron chi connectivity index (χ0n) is 10.5. The van der Waals surface area contributed by atoms with Crippen LogP contribution in [0.1, 0.15) is 41.4 Å². The van der Waals surface area contributed by atoms with Crippen LogP contribution in [0.4, 0.5) is 0 Å². The normalized spacial score (nSPS) is 16.3. The molecule has 0 radical (unpaired) electrons. The average Bonchev–Trinajstić information content (AvgIpc) is 2.72. The molecule has 2 rings (SSSR count). The summed E-state index contributed by atoms with van der Waals surface area (Å²) in [5, 5.41) is 4.91. The van der Waals surface area contributed by atoms with E-state index in [0.717, 1.165) is 4.88 Å². The molecule has 0 aromatic carbocycles. The van der Waals surface area contributed by atoms with E-state index in [1.165, 1.54) is 30.6 Å². The Bertz CT molecular complexity index is 479. The molecule has 0 aliphatic heterocycles. The second kappa shape index (κ2) is 6.03. The van der Waals surface area contributed by atoms with Crippen molar-refractivity contribution in [1.82, 2.24) is 5.32 Å². The van der Waals surface area contributed by atoms with E-state index in [-0.39, 0.29) is 11.9 Å². The number of carbonyl (C=O) groups excluding carboxylic acids is 1. The minimum atomic E-state index is 0.00597. The molecule has 1 aliphatic carbocycles. The van der Waals surface area contributed by atoms with Crippen LogP contribution in [-0.4, -0.2) is 18.5 Å². The highest BCUT2D eigenvalue weighted by Crippen LogP contribution is 2.29. The molecule has 1 aromatic rings. The van der Waals surface area contributed by atoms with Crippen molar-refractivity contribution in [3.8, 4) is 11.8 Å². The van der Waals surface area contributed by atoms with Crippen molar-refractivity contribution in [1.29, 1.82) is 0 Å². The number of hydrogen-bond acceptors (Lipinski definition) is 3. The van der Waals surface area contributed by atoms with Crippen LogP contribution in [-0.2, 0) is 0 Å². The number of nitrogens with one attached hydrogen (secondary N) is 1. The van der Waals surface area contributed by atoms with E-state index in [4.69, 9.17) is 5.73 Å². The fourth-order valence-corrected chi connectivity index (χ4v) is 2.76. The quantitative estimate of drug-likeness (QED) is 0.818. The van der Waals surface area contributed by atoms with Crippen molar-refractivity contribution in [3.05, 3.63) is 21.9 Å². The topological polar surface area (TPSA) is 55.1 Å². The summed E-state index contributed by atoms with van der Waals surface area (Å²) in [7, 11) is 0. The zero-order chi connectivity index (χ0) is 13.0. The van der Waals surface area contributed by atoms with E-state index in [9.17, 15) is 4.79 Å². The van der Waals surface area contributed by atoms with Gasteiger partial charge in [0.2, 0.25) is 0 Å². The van der Waals surface area contributed by atoms with Crippen molar-refractivity contribution in [2.24, 2.45) is 11.7 Å². The lowest BCUT2D eigenvalue weighted by Gasteiger charge is -2.31. The first-order valence-corrected chi connectivity index (χ1v) is 7.17. The van der Waals surface area contributed by atoms with Gasteiger partial charge in [0.1, 0.15) is 0 Å². The van der Waals surface area contributed by atoms with Gasteiger partial charge in [0.05, 0.1) is 17.0 Å². The van der Waals surface area contributed by atoms with E-state index < -0.39 is 0 Å². The van der Waals surface area contributed by atoms with Gasteiger partial charge in [0.25, 0.3) is 5.91 Å². The summed E-state index contributed by atoms with van der Waals surface area (Å²) < 4.78 is 0. The second-order valence-corrected chi connectivity index (χ2v) is 5.57. The van der Waals surface area contributed by atoms with Gasteiger partial charge < -0.3 is 11.1 Å². The number of nitrogens with two attached hydrogens (primary N) is 1. The van der Waals surface area contributed by atoms with Gasteiger partial charge in [-0.1, -0.05) is 18.3 Å². The van der Waals surface area contributed by atoms with E-state index >= 15 is 0 Å². The first-order chi connectivity index (χ1) is 8.70. The molecule has 96 valence electrons. The lowest BCUT2D eigenvalue weighted by Crippen LogP contribution is -2.40. The molecule has 4 heteroatoms. The molecule has 1 unspecified atom stereocenters. The smallest absolute Gasteiger partial charge is 0.252 e. The lowest BCUT2D eigenvalue weighted by atomic mass is 9.80. The van der Waals surface area contributed by atoms with Gasteiger partial charge >= 0.3 is 0 Å². The van der Waals surface area contributed by atoms with Gasteiger partial charge in [-0.25, -0.2) is 0 Å². The van der Waals surface area contributed by atoms with Gasteiger partial charge in [-0.3, -0.25) is 4.79 Å². The van der Waals surface area contributed by atoms with Crippen LogP contribution in [0, 0.1) is 17.8 Å². The van der Waals surface area contributed by atoms with Gasteiger partial charge in [-0.15, -0.1) is 11.3 Å². The Balaban J connectivity index is 1.93. The standard InChI is InChI=1S/C14H18N2OS/c1-10(11-4-2-5-11)16-14(17)12-8-13(18-9-12)6-3-7-15/h8-11H,2,4-5,7,15H2,1H3,(H,16,17). The molecule has 1 amide bonds. The SMILES string of the molecule is CC(NC(=O)c1csc(C#CCN)c1)C1CCC1. The van der Waals surface area contributed by atoms with E-state index in [2.05, 4.69) is 24.1 Å². The number of amides is 1. The van der Waals surface area contributed by atoms with Gasteiger partial charge in [0.15, 0.2) is 0 Å². The number of carbonyl (C=O) groups is 1. The fourth-order valence-electron chi connectivity index (χ4n) is 2.01.